The van der Waals surface area contributed by atoms with Crippen LogP contribution in [0.3, 0.4) is 0 Å². The molecule has 0 unspecified atom stereocenters. The van der Waals surface area contributed by atoms with Crippen LogP contribution in [0.5, 0.6) is 0 Å². The Labute approximate surface area is 114 Å². The number of aromatic nitrogens is 2. The number of para-hydroxylation sites is 1. The summed E-state index contributed by atoms with van der Waals surface area (Å²) >= 11 is 0. The number of hydrogen-bond donors (Lipinski definition) is 1. The van der Waals surface area contributed by atoms with Gasteiger partial charge in [0.2, 0.25) is 0 Å². The molecular weight excluding hydrogens is 238 g/mol. The van der Waals surface area contributed by atoms with E-state index in [-0.39, 0.29) is 0 Å². The van der Waals surface area contributed by atoms with Gasteiger partial charge in [0.25, 0.3) is 0 Å². The van der Waals surface area contributed by atoms with Crippen LogP contribution < -0.4 is 5.73 Å². The van der Waals surface area contributed by atoms with Gasteiger partial charge in [0, 0.05) is 29.6 Å². The summed E-state index contributed by atoms with van der Waals surface area (Å²) in [6, 6.07) is 7.82. The SMILES string of the molecule is CC(C)COCCn1cc(-c2ccccc2N)cn1. The molecule has 0 fully saturated rings. The van der Waals surface area contributed by atoms with Gasteiger partial charge in [-0.05, 0) is 12.0 Å². The molecule has 1 aromatic heterocycles. The van der Waals surface area contributed by atoms with Gasteiger partial charge in [-0.2, -0.15) is 5.10 Å². The second-order valence-corrected chi connectivity index (χ2v) is 5.05. The first-order valence-corrected chi connectivity index (χ1v) is 6.62. The van der Waals surface area contributed by atoms with Crippen molar-refractivity contribution in [2.24, 2.45) is 5.92 Å². The molecule has 2 N–H and O–H groups in total. The standard InChI is InChI=1S/C15H21N3O/c1-12(2)11-19-8-7-18-10-13(9-17-18)14-5-3-4-6-15(14)16/h3-6,9-10,12H,7-8,11,16H2,1-2H3. The van der Waals surface area contributed by atoms with Crippen molar-refractivity contribution in [3.8, 4) is 11.1 Å². The van der Waals surface area contributed by atoms with Gasteiger partial charge < -0.3 is 10.5 Å². The first kappa shape index (κ1) is 13.6. The van der Waals surface area contributed by atoms with Crippen LogP contribution in [0.4, 0.5) is 5.69 Å². The lowest BCUT2D eigenvalue weighted by atomic mass is 10.1. The molecule has 0 amide bonds. The van der Waals surface area contributed by atoms with Crippen LogP contribution in [0.2, 0.25) is 0 Å². The number of nitrogens with two attached hydrogens (primary N) is 1. The van der Waals surface area contributed by atoms with Crippen LogP contribution in [0.15, 0.2) is 36.7 Å². The zero-order valence-electron chi connectivity index (χ0n) is 11.5. The molecular formula is C15H21N3O. The predicted molar refractivity (Wildman–Crippen MR) is 77.7 cm³/mol. The number of anilines is 1. The number of ether oxygens (including phenoxy) is 1. The molecule has 1 heterocycles. The van der Waals surface area contributed by atoms with Crippen molar-refractivity contribution in [1.82, 2.24) is 9.78 Å². The Morgan fingerprint density at radius 2 is 2.11 bits per heavy atom. The quantitative estimate of drug-likeness (QED) is 0.641. The number of hydrogen-bond acceptors (Lipinski definition) is 3. The van der Waals surface area contributed by atoms with Gasteiger partial charge in [0.05, 0.1) is 19.3 Å². The fourth-order valence-corrected chi connectivity index (χ4v) is 1.86. The van der Waals surface area contributed by atoms with Gasteiger partial charge in [0.1, 0.15) is 0 Å². The van der Waals surface area contributed by atoms with Crippen LogP contribution in [-0.4, -0.2) is 23.0 Å². The summed E-state index contributed by atoms with van der Waals surface area (Å²) in [6.07, 6.45) is 3.85. The lowest BCUT2D eigenvalue weighted by Crippen LogP contribution is -2.09. The van der Waals surface area contributed by atoms with E-state index in [1.54, 1.807) is 0 Å². The van der Waals surface area contributed by atoms with Gasteiger partial charge in [-0.1, -0.05) is 32.0 Å². The van der Waals surface area contributed by atoms with E-state index in [2.05, 4.69) is 18.9 Å². The largest absolute Gasteiger partial charge is 0.398 e. The zero-order chi connectivity index (χ0) is 13.7. The summed E-state index contributed by atoms with van der Waals surface area (Å²) in [7, 11) is 0. The second-order valence-electron chi connectivity index (χ2n) is 5.05. The summed E-state index contributed by atoms with van der Waals surface area (Å²) in [5, 5.41) is 4.33. The van der Waals surface area contributed by atoms with E-state index < -0.39 is 0 Å². The zero-order valence-corrected chi connectivity index (χ0v) is 11.5. The van der Waals surface area contributed by atoms with Crippen molar-refractivity contribution in [3.63, 3.8) is 0 Å². The van der Waals surface area contributed by atoms with E-state index in [0.717, 1.165) is 30.0 Å². The van der Waals surface area contributed by atoms with Crippen molar-refractivity contribution in [2.75, 3.05) is 18.9 Å². The predicted octanol–water partition coefficient (Wildman–Crippen LogP) is 2.80. The molecule has 0 aliphatic carbocycles. The minimum Gasteiger partial charge on any atom is -0.398 e. The molecule has 0 bridgehead atoms. The molecule has 4 heteroatoms. The lowest BCUT2D eigenvalue weighted by molar-refractivity contribution is 0.101. The number of benzene rings is 1. The maximum Gasteiger partial charge on any atom is 0.0662 e. The van der Waals surface area contributed by atoms with Crippen molar-refractivity contribution >= 4 is 5.69 Å². The molecule has 0 aliphatic rings. The van der Waals surface area contributed by atoms with E-state index in [1.807, 2.05) is 41.3 Å². The molecule has 4 nitrogen and oxygen atoms in total. The average molecular weight is 259 g/mol. The van der Waals surface area contributed by atoms with E-state index in [9.17, 15) is 0 Å². The van der Waals surface area contributed by atoms with Gasteiger partial charge in [-0.15, -0.1) is 0 Å². The maximum absolute atomic E-state index is 5.96. The number of nitrogens with zero attached hydrogens (tertiary/aromatic N) is 2. The highest BCUT2D eigenvalue weighted by Crippen LogP contribution is 2.24. The van der Waals surface area contributed by atoms with Gasteiger partial charge in [-0.25, -0.2) is 0 Å². The normalized spacial score (nSPS) is 11.1. The third kappa shape index (κ3) is 3.83. The summed E-state index contributed by atoms with van der Waals surface area (Å²) in [6.45, 7) is 6.52. The maximum atomic E-state index is 5.96. The van der Waals surface area contributed by atoms with Crippen LogP contribution in [0, 0.1) is 5.92 Å². The van der Waals surface area contributed by atoms with Crippen LogP contribution in [-0.2, 0) is 11.3 Å². The fourth-order valence-electron chi connectivity index (χ4n) is 1.86. The second kappa shape index (κ2) is 6.38. The lowest BCUT2D eigenvalue weighted by Gasteiger charge is -2.06. The van der Waals surface area contributed by atoms with Gasteiger partial charge in [0.15, 0.2) is 0 Å². The molecule has 0 radical (unpaired) electrons. The minimum atomic E-state index is 0.567. The molecule has 1 aromatic carbocycles. The van der Waals surface area contributed by atoms with Crippen molar-refractivity contribution in [3.05, 3.63) is 36.7 Å². The summed E-state index contributed by atoms with van der Waals surface area (Å²) < 4.78 is 7.44. The Kier molecular flexibility index (Phi) is 4.58. The average Bonchev–Trinajstić information content (AvgIpc) is 2.83. The molecule has 0 aliphatic heterocycles. The van der Waals surface area contributed by atoms with Crippen LogP contribution in [0.25, 0.3) is 11.1 Å². The van der Waals surface area contributed by atoms with Crippen molar-refractivity contribution in [2.45, 2.75) is 20.4 Å². The third-order valence-corrected chi connectivity index (χ3v) is 2.82. The molecule has 0 spiro atoms. The molecule has 0 atom stereocenters. The van der Waals surface area contributed by atoms with Gasteiger partial charge >= 0.3 is 0 Å². The van der Waals surface area contributed by atoms with Crippen molar-refractivity contribution in [1.29, 1.82) is 0 Å². The van der Waals surface area contributed by atoms with Crippen molar-refractivity contribution < 1.29 is 4.74 Å². The number of rotatable bonds is 6. The minimum absolute atomic E-state index is 0.567. The monoisotopic (exact) mass is 259 g/mol. The Morgan fingerprint density at radius 1 is 1.32 bits per heavy atom. The van der Waals surface area contributed by atoms with E-state index in [4.69, 9.17) is 10.5 Å². The summed E-state index contributed by atoms with van der Waals surface area (Å²) in [4.78, 5) is 0. The topological polar surface area (TPSA) is 53.1 Å². The number of nitrogen functional groups attached to an aromatic ring is 1. The molecule has 2 rings (SSSR count). The Bertz CT molecular complexity index is 520. The smallest absolute Gasteiger partial charge is 0.0662 e. The van der Waals surface area contributed by atoms with Gasteiger partial charge in [-0.3, -0.25) is 4.68 Å². The molecule has 19 heavy (non-hydrogen) atoms. The molecule has 2 aromatic rings. The summed E-state index contributed by atoms with van der Waals surface area (Å²) in [5.74, 6) is 0.567. The van der Waals surface area contributed by atoms with E-state index >= 15 is 0 Å². The summed E-state index contributed by atoms with van der Waals surface area (Å²) in [5.41, 5.74) is 8.80. The van der Waals surface area contributed by atoms with Crippen LogP contribution in [0.1, 0.15) is 13.8 Å². The molecule has 0 saturated carbocycles. The molecule has 102 valence electrons. The Balaban J connectivity index is 1.94. The highest BCUT2D eigenvalue weighted by molar-refractivity contribution is 5.75. The molecule has 0 saturated heterocycles. The van der Waals surface area contributed by atoms with Crippen LogP contribution >= 0.6 is 0 Å². The highest BCUT2D eigenvalue weighted by Gasteiger charge is 2.04. The van der Waals surface area contributed by atoms with E-state index in [1.165, 1.54) is 0 Å². The Hall–Kier alpha value is -1.81. The first-order chi connectivity index (χ1) is 9.16. The Morgan fingerprint density at radius 3 is 2.84 bits per heavy atom. The third-order valence-electron chi connectivity index (χ3n) is 2.82. The first-order valence-electron chi connectivity index (χ1n) is 6.62. The van der Waals surface area contributed by atoms with E-state index in [0.29, 0.717) is 12.5 Å². The highest BCUT2D eigenvalue weighted by atomic mass is 16.5. The fraction of sp³-hybridized carbons (Fsp3) is 0.400.